The highest BCUT2D eigenvalue weighted by Crippen LogP contribution is 2.25. The summed E-state index contributed by atoms with van der Waals surface area (Å²) in [7, 11) is 0. The topological polar surface area (TPSA) is 46.3 Å². The van der Waals surface area contributed by atoms with Gasteiger partial charge in [-0.2, -0.15) is 13.2 Å². The van der Waals surface area contributed by atoms with Gasteiger partial charge in [-0.3, -0.25) is 4.79 Å². The van der Waals surface area contributed by atoms with E-state index < -0.39 is 36.1 Å². The monoisotopic (exact) mass is 282 g/mol. The van der Waals surface area contributed by atoms with Gasteiger partial charge in [0.2, 0.25) is 5.91 Å². The van der Waals surface area contributed by atoms with E-state index in [9.17, 15) is 18.0 Å². The zero-order valence-corrected chi connectivity index (χ0v) is 12.3. The predicted octanol–water partition coefficient (Wildman–Crippen LogP) is 2.94. The molecule has 0 saturated carbocycles. The normalized spacial score (nSPS) is 14.6. The molecule has 0 saturated heterocycles. The highest BCUT2D eigenvalue weighted by Gasteiger charge is 2.39. The van der Waals surface area contributed by atoms with Gasteiger partial charge in [0.05, 0.1) is 6.04 Å². The van der Waals surface area contributed by atoms with Crippen LogP contribution in [0.1, 0.15) is 47.5 Å². The van der Waals surface area contributed by atoms with E-state index in [0.29, 0.717) is 12.8 Å². The summed E-state index contributed by atoms with van der Waals surface area (Å²) < 4.78 is 37.9. The Hall–Kier alpha value is -0.780. The van der Waals surface area contributed by atoms with Crippen LogP contribution < -0.4 is 5.73 Å². The molecule has 0 aliphatic rings. The van der Waals surface area contributed by atoms with E-state index in [1.54, 1.807) is 34.6 Å². The highest BCUT2D eigenvalue weighted by atomic mass is 19.4. The van der Waals surface area contributed by atoms with E-state index in [1.165, 1.54) is 0 Å². The highest BCUT2D eigenvalue weighted by molar-refractivity contribution is 5.82. The maximum absolute atomic E-state index is 12.6. The summed E-state index contributed by atoms with van der Waals surface area (Å²) in [5, 5.41) is 0. The lowest BCUT2D eigenvalue weighted by atomic mass is 9.86. The Morgan fingerprint density at radius 3 is 1.84 bits per heavy atom. The minimum Gasteiger partial charge on any atom is -0.329 e. The molecule has 1 atom stereocenters. The Morgan fingerprint density at radius 2 is 1.58 bits per heavy atom. The first-order valence-corrected chi connectivity index (χ1v) is 6.56. The van der Waals surface area contributed by atoms with Gasteiger partial charge in [-0.05, 0) is 18.3 Å². The lowest BCUT2D eigenvalue weighted by molar-refractivity contribution is -0.168. The Balaban J connectivity index is 5.19. The van der Waals surface area contributed by atoms with Crippen molar-refractivity contribution in [3.63, 3.8) is 0 Å². The Morgan fingerprint density at radius 1 is 1.16 bits per heavy atom. The summed E-state index contributed by atoms with van der Waals surface area (Å²) >= 11 is 0. The minimum absolute atomic E-state index is 0.428. The molecule has 0 fully saturated rings. The lowest BCUT2D eigenvalue weighted by Gasteiger charge is -2.36. The maximum Gasteiger partial charge on any atom is 0.406 e. The van der Waals surface area contributed by atoms with Crippen molar-refractivity contribution in [1.29, 1.82) is 0 Å². The number of halogens is 3. The predicted molar refractivity (Wildman–Crippen MR) is 69.6 cm³/mol. The molecule has 0 aromatic carbocycles. The molecule has 0 aromatic rings. The van der Waals surface area contributed by atoms with Crippen molar-refractivity contribution in [2.45, 2.75) is 65.7 Å². The van der Waals surface area contributed by atoms with Gasteiger partial charge in [0.15, 0.2) is 0 Å². The Kier molecular flexibility index (Phi) is 6.32. The van der Waals surface area contributed by atoms with Crippen molar-refractivity contribution in [3.8, 4) is 0 Å². The number of nitrogens with zero attached hydrogens (tertiary/aromatic N) is 1. The number of amides is 1. The quantitative estimate of drug-likeness (QED) is 0.842. The van der Waals surface area contributed by atoms with Crippen molar-refractivity contribution in [3.05, 3.63) is 0 Å². The fourth-order valence-electron chi connectivity index (χ4n) is 1.86. The number of hydrogen-bond donors (Lipinski definition) is 1. The van der Waals surface area contributed by atoms with Crippen molar-refractivity contribution in [2.24, 2.45) is 11.1 Å². The van der Waals surface area contributed by atoms with Gasteiger partial charge < -0.3 is 10.6 Å². The van der Waals surface area contributed by atoms with Crippen molar-refractivity contribution in [2.75, 3.05) is 6.54 Å². The second-order valence-electron chi connectivity index (χ2n) is 5.90. The molecule has 114 valence electrons. The molecule has 0 aliphatic carbocycles. The molecular formula is C13H25F3N2O. The van der Waals surface area contributed by atoms with Crippen LogP contribution >= 0.6 is 0 Å². The van der Waals surface area contributed by atoms with E-state index in [4.69, 9.17) is 5.73 Å². The molecule has 3 nitrogen and oxygen atoms in total. The van der Waals surface area contributed by atoms with Crippen molar-refractivity contribution < 1.29 is 18.0 Å². The standard InChI is InChI=1S/C13H25F3N2O/c1-6-9(7-2)18(8-13(14,15)16)11(19)10(17)12(3,4)5/h9-10H,6-8,17H2,1-5H3. The number of alkyl halides is 3. The third kappa shape index (κ3) is 5.80. The fraction of sp³-hybridized carbons (Fsp3) is 0.923. The molecule has 6 heteroatoms. The van der Waals surface area contributed by atoms with Gasteiger partial charge in [0.1, 0.15) is 6.54 Å². The molecular weight excluding hydrogens is 257 g/mol. The van der Waals surface area contributed by atoms with E-state index in [2.05, 4.69) is 0 Å². The van der Waals surface area contributed by atoms with Gasteiger partial charge in [0, 0.05) is 6.04 Å². The zero-order valence-electron chi connectivity index (χ0n) is 12.3. The van der Waals surface area contributed by atoms with Crippen LogP contribution in [0.25, 0.3) is 0 Å². The van der Waals surface area contributed by atoms with Crippen molar-refractivity contribution in [1.82, 2.24) is 4.90 Å². The van der Waals surface area contributed by atoms with Crippen LogP contribution in [0.2, 0.25) is 0 Å². The number of hydrogen-bond acceptors (Lipinski definition) is 2. The largest absolute Gasteiger partial charge is 0.406 e. The van der Waals surface area contributed by atoms with Gasteiger partial charge in [-0.25, -0.2) is 0 Å². The smallest absolute Gasteiger partial charge is 0.329 e. The molecule has 0 heterocycles. The second-order valence-corrected chi connectivity index (χ2v) is 5.90. The third-order valence-electron chi connectivity index (χ3n) is 3.22. The minimum atomic E-state index is -4.41. The average molecular weight is 282 g/mol. The van der Waals surface area contributed by atoms with E-state index in [0.717, 1.165) is 4.90 Å². The van der Waals surface area contributed by atoms with E-state index in [1.807, 2.05) is 0 Å². The SMILES string of the molecule is CCC(CC)N(CC(F)(F)F)C(=O)C(N)C(C)(C)C. The summed E-state index contributed by atoms with van der Waals surface area (Å²) in [6, 6.07) is -1.36. The summed E-state index contributed by atoms with van der Waals surface area (Å²) in [6.45, 7) is 7.54. The lowest BCUT2D eigenvalue weighted by Crippen LogP contribution is -2.55. The Bertz CT molecular complexity index is 293. The molecule has 19 heavy (non-hydrogen) atoms. The molecule has 2 N–H and O–H groups in total. The molecule has 1 unspecified atom stereocenters. The number of rotatable bonds is 5. The van der Waals surface area contributed by atoms with Gasteiger partial charge in [0.25, 0.3) is 0 Å². The molecule has 0 aromatic heterocycles. The van der Waals surface area contributed by atoms with E-state index >= 15 is 0 Å². The van der Waals surface area contributed by atoms with Crippen LogP contribution in [-0.4, -0.2) is 35.6 Å². The third-order valence-corrected chi connectivity index (χ3v) is 3.22. The van der Waals surface area contributed by atoms with Gasteiger partial charge >= 0.3 is 6.18 Å². The van der Waals surface area contributed by atoms with Crippen LogP contribution in [0, 0.1) is 5.41 Å². The molecule has 0 aliphatic heterocycles. The molecule has 0 spiro atoms. The van der Waals surface area contributed by atoms with Gasteiger partial charge in [-0.1, -0.05) is 34.6 Å². The van der Waals surface area contributed by atoms with Crippen LogP contribution in [0.15, 0.2) is 0 Å². The number of nitrogens with two attached hydrogens (primary N) is 1. The fourth-order valence-corrected chi connectivity index (χ4v) is 1.86. The Labute approximate surface area is 113 Å². The van der Waals surface area contributed by atoms with Crippen LogP contribution in [0.5, 0.6) is 0 Å². The van der Waals surface area contributed by atoms with Crippen molar-refractivity contribution >= 4 is 5.91 Å². The first kappa shape index (κ1) is 18.2. The van der Waals surface area contributed by atoms with Crippen LogP contribution in [0.4, 0.5) is 13.2 Å². The first-order valence-electron chi connectivity index (χ1n) is 6.56. The van der Waals surface area contributed by atoms with Crippen LogP contribution in [-0.2, 0) is 4.79 Å². The molecule has 1 amide bonds. The second kappa shape index (κ2) is 6.59. The summed E-state index contributed by atoms with van der Waals surface area (Å²) in [5.41, 5.74) is 5.24. The zero-order chi connectivity index (χ0) is 15.4. The maximum atomic E-state index is 12.6. The average Bonchev–Trinajstić information content (AvgIpc) is 2.24. The number of carbonyl (C=O) groups excluding carboxylic acids is 1. The van der Waals surface area contributed by atoms with Crippen LogP contribution in [0.3, 0.4) is 0 Å². The van der Waals surface area contributed by atoms with E-state index in [-0.39, 0.29) is 0 Å². The summed E-state index contributed by atoms with van der Waals surface area (Å²) in [4.78, 5) is 13.1. The number of carbonyl (C=O) groups is 1. The molecule has 0 radical (unpaired) electrons. The molecule has 0 bridgehead atoms. The summed E-state index contributed by atoms with van der Waals surface area (Å²) in [5.74, 6) is -0.626. The first-order chi connectivity index (χ1) is 8.44. The summed E-state index contributed by atoms with van der Waals surface area (Å²) in [6.07, 6.45) is -3.44. The molecule has 0 rings (SSSR count). The van der Waals surface area contributed by atoms with Gasteiger partial charge in [-0.15, -0.1) is 0 Å².